The van der Waals surface area contributed by atoms with Gasteiger partial charge in [-0.05, 0) is 12.0 Å². The summed E-state index contributed by atoms with van der Waals surface area (Å²) in [6.45, 7) is 3.78. The van der Waals surface area contributed by atoms with E-state index >= 15 is 0 Å². The van der Waals surface area contributed by atoms with Gasteiger partial charge < -0.3 is 10.4 Å². The highest BCUT2D eigenvalue weighted by atomic mass is 32.2. The van der Waals surface area contributed by atoms with Crippen molar-refractivity contribution in [2.45, 2.75) is 32.4 Å². The lowest BCUT2D eigenvalue weighted by atomic mass is 10.0. The number of likely N-dealkylation sites (N-methyl/N-ethyl adjacent to an activating group) is 1. The van der Waals surface area contributed by atoms with E-state index in [0.29, 0.717) is 13.0 Å². The van der Waals surface area contributed by atoms with Crippen LogP contribution in [0, 0.1) is 0 Å². The molecule has 2 atom stereocenters. The zero-order chi connectivity index (χ0) is 23.0. The van der Waals surface area contributed by atoms with Gasteiger partial charge in [0.1, 0.15) is 5.69 Å². The lowest BCUT2D eigenvalue weighted by Crippen LogP contribution is -2.53. The fraction of sp³-hybridized carbons (Fsp3) is 0.421. The molecule has 10 nitrogen and oxygen atoms in total. The van der Waals surface area contributed by atoms with Crippen LogP contribution in [0.1, 0.15) is 29.9 Å². The fourth-order valence-electron chi connectivity index (χ4n) is 2.81. The van der Waals surface area contributed by atoms with E-state index in [1.54, 1.807) is 5.01 Å². The van der Waals surface area contributed by atoms with E-state index < -0.39 is 28.1 Å². The number of nitrogens with zero attached hydrogens (tertiary/aromatic N) is 2. The van der Waals surface area contributed by atoms with E-state index in [-0.39, 0.29) is 23.3 Å². The number of rotatable bonds is 11. The van der Waals surface area contributed by atoms with Crippen molar-refractivity contribution in [2.24, 2.45) is 0 Å². The monoisotopic (exact) mass is 469 g/mol. The standard InChI is InChI=1S/C19H27N5O5S2/c1-4-24(22-13(2)25)11-17(26)15(10-14-8-6-5-7-9-14)20-18(27)16-12-30-19(21-16)23-31(3,28)29/h5-9,12,15,17,26H,4,10-11H2,1-3H3,(H,20,27)(H,21,23)(H,22,25)/t15-,17-/m0/s1. The molecule has 0 aliphatic carbocycles. The van der Waals surface area contributed by atoms with Gasteiger partial charge in [-0.1, -0.05) is 37.3 Å². The zero-order valence-electron chi connectivity index (χ0n) is 17.5. The lowest BCUT2D eigenvalue weighted by Gasteiger charge is -2.29. The molecule has 0 fully saturated rings. The molecule has 0 aliphatic heterocycles. The Kier molecular flexibility index (Phi) is 8.92. The number of hydrogen-bond donors (Lipinski definition) is 4. The summed E-state index contributed by atoms with van der Waals surface area (Å²) in [5.41, 5.74) is 3.58. The summed E-state index contributed by atoms with van der Waals surface area (Å²) in [5, 5.41) is 16.7. The average Bonchev–Trinajstić information content (AvgIpc) is 3.14. The van der Waals surface area contributed by atoms with Crippen molar-refractivity contribution in [3.05, 3.63) is 47.0 Å². The summed E-state index contributed by atoms with van der Waals surface area (Å²) in [6, 6.07) is 8.68. The molecule has 0 radical (unpaired) electrons. The molecule has 31 heavy (non-hydrogen) atoms. The average molecular weight is 470 g/mol. The molecule has 1 aromatic carbocycles. The molecule has 170 valence electrons. The van der Waals surface area contributed by atoms with E-state index in [1.165, 1.54) is 12.3 Å². The van der Waals surface area contributed by atoms with E-state index in [9.17, 15) is 23.1 Å². The van der Waals surface area contributed by atoms with Crippen LogP contribution in [0.15, 0.2) is 35.7 Å². The summed E-state index contributed by atoms with van der Waals surface area (Å²) in [7, 11) is -3.51. The SMILES string of the molecule is CCN(C[C@H](O)[C@H](Cc1ccccc1)NC(=O)c1csc(NS(C)(=O)=O)n1)NC(C)=O. The molecule has 4 N–H and O–H groups in total. The number of carbonyl (C=O) groups is 2. The van der Waals surface area contributed by atoms with Gasteiger partial charge in [-0.3, -0.25) is 19.7 Å². The molecule has 0 unspecified atom stereocenters. The van der Waals surface area contributed by atoms with Crippen molar-refractivity contribution >= 4 is 38.3 Å². The van der Waals surface area contributed by atoms with Crippen molar-refractivity contribution in [3.8, 4) is 0 Å². The minimum absolute atomic E-state index is 0.0376. The largest absolute Gasteiger partial charge is 0.390 e. The number of benzene rings is 1. The van der Waals surface area contributed by atoms with Crippen molar-refractivity contribution in [2.75, 3.05) is 24.1 Å². The van der Waals surface area contributed by atoms with Gasteiger partial charge in [0.05, 0.1) is 18.4 Å². The molecule has 0 saturated carbocycles. The van der Waals surface area contributed by atoms with E-state index in [4.69, 9.17) is 0 Å². The normalized spacial score (nSPS) is 13.5. The van der Waals surface area contributed by atoms with Gasteiger partial charge in [-0.2, -0.15) is 0 Å². The molecule has 1 aromatic heterocycles. The van der Waals surface area contributed by atoms with Gasteiger partial charge in [-0.25, -0.2) is 18.4 Å². The van der Waals surface area contributed by atoms with Crippen molar-refractivity contribution in [1.29, 1.82) is 0 Å². The molecule has 2 amide bonds. The maximum absolute atomic E-state index is 12.7. The number of hydrazine groups is 1. The number of aliphatic hydroxyl groups is 1. The van der Waals surface area contributed by atoms with Gasteiger partial charge >= 0.3 is 0 Å². The highest BCUT2D eigenvalue weighted by Gasteiger charge is 2.25. The number of anilines is 1. The Morgan fingerprint density at radius 2 is 1.94 bits per heavy atom. The van der Waals surface area contributed by atoms with Crippen LogP contribution in [0.4, 0.5) is 5.13 Å². The van der Waals surface area contributed by atoms with Gasteiger partial charge in [0.15, 0.2) is 5.13 Å². The number of aliphatic hydroxyl groups excluding tert-OH is 1. The highest BCUT2D eigenvalue weighted by molar-refractivity contribution is 7.92. The third kappa shape index (κ3) is 8.61. The van der Waals surface area contributed by atoms with Gasteiger partial charge in [0, 0.05) is 25.4 Å². The van der Waals surface area contributed by atoms with Crippen molar-refractivity contribution < 1.29 is 23.1 Å². The third-order valence-corrected chi connectivity index (χ3v) is 5.64. The smallest absolute Gasteiger partial charge is 0.271 e. The molecule has 0 bridgehead atoms. The number of amides is 2. The Bertz CT molecular complexity index is 981. The van der Waals surface area contributed by atoms with Gasteiger partial charge in [0.25, 0.3) is 5.91 Å². The number of hydrogen-bond acceptors (Lipinski definition) is 8. The number of carbonyl (C=O) groups excluding carboxylic acids is 2. The predicted molar refractivity (Wildman–Crippen MR) is 119 cm³/mol. The van der Waals surface area contributed by atoms with Crippen LogP contribution in [-0.2, 0) is 21.2 Å². The number of thiazole rings is 1. The molecule has 2 rings (SSSR count). The lowest BCUT2D eigenvalue weighted by molar-refractivity contribution is -0.124. The van der Waals surface area contributed by atoms with Crippen LogP contribution in [0.3, 0.4) is 0 Å². The third-order valence-electron chi connectivity index (χ3n) is 4.19. The quantitative estimate of drug-likeness (QED) is 0.353. The second kappa shape index (κ2) is 11.2. The molecule has 0 saturated heterocycles. The van der Waals surface area contributed by atoms with Crippen LogP contribution in [0.5, 0.6) is 0 Å². The number of sulfonamides is 1. The minimum atomic E-state index is -3.51. The Morgan fingerprint density at radius 1 is 1.26 bits per heavy atom. The first-order valence-electron chi connectivity index (χ1n) is 9.55. The number of nitrogens with one attached hydrogen (secondary N) is 3. The van der Waals surface area contributed by atoms with Crippen LogP contribution in [0.2, 0.25) is 0 Å². The first-order valence-corrected chi connectivity index (χ1v) is 12.3. The Labute approximate surface area is 185 Å². The first-order chi connectivity index (χ1) is 14.6. The second-order valence-electron chi connectivity index (χ2n) is 6.96. The van der Waals surface area contributed by atoms with Gasteiger partial charge in [-0.15, -0.1) is 11.3 Å². The molecule has 12 heteroatoms. The summed E-state index contributed by atoms with van der Waals surface area (Å²) in [6.07, 6.45) is 0.349. The maximum atomic E-state index is 12.7. The van der Waals surface area contributed by atoms with E-state index in [0.717, 1.165) is 23.2 Å². The molecular weight excluding hydrogens is 442 g/mol. The molecule has 1 heterocycles. The van der Waals surface area contributed by atoms with Crippen molar-refractivity contribution in [3.63, 3.8) is 0 Å². The van der Waals surface area contributed by atoms with E-state index in [1.807, 2.05) is 37.3 Å². The topological polar surface area (TPSA) is 141 Å². The summed E-state index contributed by atoms with van der Waals surface area (Å²) in [4.78, 5) is 28.1. The maximum Gasteiger partial charge on any atom is 0.271 e. The van der Waals surface area contributed by atoms with Crippen LogP contribution in [-0.4, -0.2) is 66.8 Å². The van der Waals surface area contributed by atoms with Crippen molar-refractivity contribution in [1.82, 2.24) is 20.7 Å². The van der Waals surface area contributed by atoms with Crippen LogP contribution in [0.25, 0.3) is 0 Å². The minimum Gasteiger partial charge on any atom is -0.390 e. The van der Waals surface area contributed by atoms with Crippen LogP contribution >= 0.6 is 11.3 Å². The molecular formula is C19H27N5O5S2. The Balaban J connectivity index is 2.15. The Hall–Kier alpha value is -2.54. The van der Waals surface area contributed by atoms with Crippen LogP contribution < -0.4 is 15.5 Å². The summed E-state index contributed by atoms with van der Waals surface area (Å²) in [5.74, 6) is -0.800. The first kappa shape index (κ1) is 24.7. The second-order valence-corrected chi connectivity index (χ2v) is 9.56. The fourth-order valence-corrected chi connectivity index (χ4v) is 4.35. The summed E-state index contributed by atoms with van der Waals surface area (Å²) < 4.78 is 24.9. The Morgan fingerprint density at radius 3 is 2.52 bits per heavy atom. The van der Waals surface area contributed by atoms with E-state index in [2.05, 4.69) is 20.4 Å². The summed E-state index contributed by atoms with van der Waals surface area (Å²) >= 11 is 0.985. The zero-order valence-corrected chi connectivity index (χ0v) is 19.2. The molecule has 0 aliphatic rings. The molecule has 0 spiro atoms. The predicted octanol–water partition coefficient (Wildman–Crippen LogP) is 0.590. The molecule has 2 aromatic rings. The van der Waals surface area contributed by atoms with Gasteiger partial charge in [0.2, 0.25) is 15.9 Å². The highest BCUT2D eigenvalue weighted by Crippen LogP contribution is 2.17. The number of aromatic nitrogens is 1.